The Kier molecular flexibility index (Phi) is 4.16. The summed E-state index contributed by atoms with van der Waals surface area (Å²) in [6.07, 6.45) is 1.11. The van der Waals surface area contributed by atoms with Crippen LogP contribution in [-0.4, -0.2) is 40.1 Å². The molecule has 0 aliphatic carbocycles. The fourth-order valence-corrected chi connectivity index (χ4v) is 3.59. The first-order valence-electron chi connectivity index (χ1n) is 3.76. The Hall–Kier alpha value is 0.137. The molecule has 0 heterocycles. The van der Waals surface area contributed by atoms with Crippen molar-refractivity contribution in [1.29, 1.82) is 0 Å². The van der Waals surface area contributed by atoms with Gasteiger partial charge in [-0.3, -0.25) is 0 Å². The van der Waals surface area contributed by atoms with Gasteiger partial charge in [-0.1, -0.05) is 0 Å². The maximum atomic E-state index is 5.64. The Bertz CT molecular complexity index is 93.6. The van der Waals surface area contributed by atoms with E-state index < -0.39 is 8.32 Å². The fourth-order valence-electron chi connectivity index (χ4n) is 1.20. The molecule has 0 aliphatic heterocycles. The van der Waals surface area contributed by atoms with Gasteiger partial charge >= 0.3 is 0 Å². The molecule has 0 N–H and O–H groups in total. The average Bonchev–Trinajstić information content (AvgIpc) is 1.59. The van der Waals surface area contributed by atoms with Crippen molar-refractivity contribution in [3.63, 3.8) is 0 Å². The standard InChI is InChI=1S/C7H19NOSi/c1-6-9-10(4,5)7-8(2)3/h6-7H2,1-5H3. The van der Waals surface area contributed by atoms with Gasteiger partial charge in [-0.2, -0.15) is 0 Å². The van der Waals surface area contributed by atoms with Gasteiger partial charge in [0, 0.05) is 12.8 Å². The minimum atomic E-state index is -1.34. The zero-order valence-corrected chi connectivity index (χ0v) is 8.77. The minimum Gasteiger partial charge on any atom is -0.416 e. The molecule has 0 saturated heterocycles. The van der Waals surface area contributed by atoms with Crippen molar-refractivity contribution in [3.05, 3.63) is 0 Å². The second-order valence-electron chi connectivity index (χ2n) is 3.43. The van der Waals surface area contributed by atoms with Crippen molar-refractivity contribution in [1.82, 2.24) is 4.90 Å². The van der Waals surface area contributed by atoms with E-state index in [1.807, 2.05) is 0 Å². The lowest BCUT2D eigenvalue weighted by atomic mass is 10.9. The van der Waals surface area contributed by atoms with Crippen LogP contribution in [0.25, 0.3) is 0 Å². The summed E-state index contributed by atoms with van der Waals surface area (Å²) in [5.41, 5.74) is 0. The van der Waals surface area contributed by atoms with Crippen LogP contribution < -0.4 is 0 Å². The summed E-state index contributed by atoms with van der Waals surface area (Å²) in [7, 11) is 2.84. The minimum absolute atomic E-state index is 0.854. The van der Waals surface area contributed by atoms with E-state index in [2.05, 4.69) is 39.0 Å². The molecule has 0 fully saturated rings. The van der Waals surface area contributed by atoms with Gasteiger partial charge < -0.3 is 9.33 Å². The summed E-state index contributed by atoms with van der Waals surface area (Å²) in [6, 6.07) is 0. The maximum absolute atomic E-state index is 5.64. The van der Waals surface area contributed by atoms with E-state index in [0.717, 1.165) is 12.8 Å². The molecule has 10 heavy (non-hydrogen) atoms. The third-order valence-electron chi connectivity index (χ3n) is 1.23. The van der Waals surface area contributed by atoms with Crippen molar-refractivity contribution in [2.75, 3.05) is 26.9 Å². The first-order chi connectivity index (χ1) is 4.48. The lowest BCUT2D eigenvalue weighted by molar-refractivity contribution is 0.309. The third-order valence-corrected chi connectivity index (χ3v) is 3.70. The van der Waals surface area contributed by atoms with Crippen LogP contribution in [0, 0.1) is 0 Å². The number of hydrogen-bond acceptors (Lipinski definition) is 2. The lowest BCUT2D eigenvalue weighted by Crippen LogP contribution is -2.42. The van der Waals surface area contributed by atoms with Crippen molar-refractivity contribution in [2.24, 2.45) is 0 Å². The molecule has 0 spiro atoms. The molecule has 0 atom stereocenters. The SMILES string of the molecule is CCO[Si](C)(C)CN(C)C. The quantitative estimate of drug-likeness (QED) is 0.577. The Morgan fingerprint density at radius 2 is 1.80 bits per heavy atom. The van der Waals surface area contributed by atoms with Gasteiger partial charge in [0.25, 0.3) is 0 Å². The van der Waals surface area contributed by atoms with E-state index in [0.29, 0.717) is 0 Å². The third kappa shape index (κ3) is 4.96. The summed E-state index contributed by atoms with van der Waals surface area (Å²) >= 11 is 0. The molecule has 2 nitrogen and oxygen atoms in total. The first kappa shape index (κ1) is 10.1. The molecule has 0 bridgehead atoms. The van der Waals surface area contributed by atoms with Crippen LogP contribution >= 0.6 is 0 Å². The molecule has 0 saturated carbocycles. The molecule has 3 heteroatoms. The van der Waals surface area contributed by atoms with Crippen LogP contribution in [0.15, 0.2) is 0 Å². The van der Waals surface area contributed by atoms with Crippen LogP contribution in [0.3, 0.4) is 0 Å². The van der Waals surface area contributed by atoms with Gasteiger partial charge in [-0.25, -0.2) is 0 Å². The molecule has 0 aromatic rings. The van der Waals surface area contributed by atoms with Crippen LogP contribution in [0.4, 0.5) is 0 Å². The van der Waals surface area contributed by atoms with Gasteiger partial charge in [-0.15, -0.1) is 0 Å². The number of nitrogens with zero attached hydrogens (tertiary/aromatic N) is 1. The highest BCUT2D eigenvalue weighted by atomic mass is 28.4. The maximum Gasteiger partial charge on any atom is 0.200 e. The van der Waals surface area contributed by atoms with Gasteiger partial charge in [0.05, 0.1) is 0 Å². The molecule has 0 aromatic carbocycles. The zero-order chi connectivity index (χ0) is 8.20. The van der Waals surface area contributed by atoms with E-state index in [-0.39, 0.29) is 0 Å². The average molecular weight is 161 g/mol. The molecule has 0 rings (SSSR count). The molecular formula is C7H19NOSi. The Morgan fingerprint density at radius 3 is 2.10 bits per heavy atom. The normalized spacial score (nSPS) is 12.6. The highest BCUT2D eigenvalue weighted by Crippen LogP contribution is 2.03. The molecule has 0 unspecified atom stereocenters. The smallest absolute Gasteiger partial charge is 0.200 e. The van der Waals surface area contributed by atoms with E-state index in [4.69, 9.17) is 4.43 Å². The second kappa shape index (κ2) is 4.11. The molecule has 0 radical (unpaired) electrons. The van der Waals surface area contributed by atoms with E-state index in [1.54, 1.807) is 0 Å². The van der Waals surface area contributed by atoms with Gasteiger partial charge in [-0.05, 0) is 34.1 Å². The van der Waals surface area contributed by atoms with Crippen LogP contribution in [-0.2, 0) is 4.43 Å². The van der Waals surface area contributed by atoms with E-state index >= 15 is 0 Å². The zero-order valence-electron chi connectivity index (χ0n) is 7.77. The first-order valence-corrected chi connectivity index (χ1v) is 6.88. The number of rotatable bonds is 4. The summed E-state index contributed by atoms with van der Waals surface area (Å²) in [5.74, 6) is 0. The summed E-state index contributed by atoms with van der Waals surface area (Å²) in [5, 5.41) is 0. The molecule has 0 aromatic heterocycles. The van der Waals surface area contributed by atoms with E-state index in [1.165, 1.54) is 0 Å². The highest BCUT2D eigenvalue weighted by molar-refractivity contribution is 6.71. The van der Waals surface area contributed by atoms with Gasteiger partial charge in [0.2, 0.25) is 0 Å². The Morgan fingerprint density at radius 1 is 1.30 bits per heavy atom. The Balaban J connectivity index is 3.63. The van der Waals surface area contributed by atoms with Crippen LogP contribution in [0.2, 0.25) is 13.1 Å². The Labute approximate surface area is 65.3 Å². The topological polar surface area (TPSA) is 12.5 Å². The van der Waals surface area contributed by atoms with Crippen molar-refractivity contribution in [3.8, 4) is 0 Å². The monoisotopic (exact) mass is 161 g/mol. The molecular weight excluding hydrogens is 142 g/mol. The van der Waals surface area contributed by atoms with Gasteiger partial charge in [0.15, 0.2) is 8.32 Å². The molecule has 62 valence electrons. The summed E-state index contributed by atoms with van der Waals surface area (Å²) in [6.45, 7) is 7.41. The second-order valence-corrected chi connectivity index (χ2v) is 7.55. The van der Waals surface area contributed by atoms with Crippen LogP contribution in [0.5, 0.6) is 0 Å². The summed E-state index contributed by atoms with van der Waals surface area (Å²) < 4.78 is 5.64. The van der Waals surface area contributed by atoms with E-state index in [9.17, 15) is 0 Å². The van der Waals surface area contributed by atoms with Gasteiger partial charge in [0.1, 0.15) is 0 Å². The van der Waals surface area contributed by atoms with Crippen molar-refractivity contribution >= 4 is 8.32 Å². The lowest BCUT2D eigenvalue weighted by Gasteiger charge is -2.25. The number of hydrogen-bond donors (Lipinski definition) is 0. The van der Waals surface area contributed by atoms with Crippen molar-refractivity contribution in [2.45, 2.75) is 20.0 Å². The molecule has 0 amide bonds. The van der Waals surface area contributed by atoms with Crippen molar-refractivity contribution < 1.29 is 4.43 Å². The predicted molar refractivity (Wildman–Crippen MR) is 47.7 cm³/mol. The fraction of sp³-hybridized carbons (Fsp3) is 1.00. The molecule has 0 aliphatic rings. The highest BCUT2D eigenvalue weighted by Gasteiger charge is 2.21. The largest absolute Gasteiger partial charge is 0.416 e. The van der Waals surface area contributed by atoms with Crippen LogP contribution in [0.1, 0.15) is 6.92 Å². The summed E-state index contributed by atoms with van der Waals surface area (Å²) in [4.78, 5) is 2.20. The predicted octanol–water partition coefficient (Wildman–Crippen LogP) is 1.33.